The van der Waals surface area contributed by atoms with E-state index >= 15 is 0 Å². The summed E-state index contributed by atoms with van der Waals surface area (Å²) in [5.74, 6) is 1.80. The molecule has 0 saturated carbocycles. The van der Waals surface area contributed by atoms with Gasteiger partial charge in [0.2, 0.25) is 0 Å². The van der Waals surface area contributed by atoms with Crippen LogP contribution in [0, 0.1) is 0 Å². The van der Waals surface area contributed by atoms with Crippen molar-refractivity contribution in [3.05, 3.63) is 60.3 Å². The molecule has 1 N–H and O–H groups in total. The molecule has 0 fully saturated rings. The van der Waals surface area contributed by atoms with Crippen LogP contribution in [0.15, 0.2) is 49.1 Å². The Hall–Kier alpha value is -2.89. The number of nitrogens with one attached hydrogen (secondary N) is 1. The highest BCUT2D eigenvalue weighted by Gasteiger charge is 2.11. The van der Waals surface area contributed by atoms with Crippen molar-refractivity contribution < 1.29 is 4.74 Å². The fraction of sp³-hybridized carbons (Fsp3) is 0.188. The molecule has 4 rings (SSSR count). The lowest BCUT2D eigenvalue weighted by atomic mass is 10.2. The van der Waals surface area contributed by atoms with Crippen LogP contribution in [0.25, 0.3) is 5.69 Å². The summed E-state index contributed by atoms with van der Waals surface area (Å²) in [6.45, 7) is 1.43. The molecular formula is C16H15N5O. The van der Waals surface area contributed by atoms with Crippen LogP contribution in [-0.4, -0.2) is 26.3 Å². The van der Waals surface area contributed by atoms with Gasteiger partial charge in [0.05, 0.1) is 5.69 Å². The molecule has 0 spiro atoms. The number of nitrogens with zero attached hydrogens (tertiary/aromatic N) is 4. The summed E-state index contributed by atoms with van der Waals surface area (Å²) in [6, 6.07) is 11.9. The average Bonchev–Trinajstić information content (AvgIpc) is 3.24. The van der Waals surface area contributed by atoms with Crippen molar-refractivity contribution in [1.29, 1.82) is 0 Å². The number of benzene rings is 1. The SMILES string of the molecule is c1cc(-n2cnnc2)ccc1OCc1ccc2c(n1)NCC2. The summed E-state index contributed by atoms with van der Waals surface area (Å²) >= 11 is 0. The molecule has 22 heavy (non-hydrogen) atoms. The van der Waals surface area contributed by atoms with Crippen LogP contribution in [0.1, 0.15) is 11.3 Å². The predicted octanol–water partition coefficient (Wildman–Crippen LogP) is 2.21. The predicted molar refractivity (Wildman–Crippen MR) is 82.1 cm³/mol. The molecule has 3 aromatic rings. The number of aromatic nitrogens is 4. The molecule has 0 unspecified atom stereocenters. The van der Waals surface area contributed by atoms with Crippen LogP contribution < -0.4 is 10.1 Å². The van der Waals surface area contributed by atoms with Crippen molar-refractivity contribution in [2.75, 3.05) is 11.9 Å². The van der Waals surface area contributed by atoms with Crippen molar-refractivity contribution >= 4 is 5.82 Å². The van der Waals surface area contributed by atoms with Crippen molar-refractivity contribution in [3.8, 4) is 11.4 Å². The maximum Gasteiger partial charge on any atom is 0.130 e. The minimum atomic E-state index is 0.459. The van der Waals surface area contributed by atoms with E-state index in [0.29, 0.717) is 6.61 Å². The number of hydrogen-bond donors (Lipinski definition) is 1. The standard InChI is InChI=1S/C16H15N5O/c1-2-13(20-16-12(1)7-8-17-16)9-22-15-5-3-14(4-6-15)21-10-18-19-11-21/h1-6,10-11H,7-9H2,(H,17,20). The van der Waals surface area contributed by atoms with Crippen LogP contribution in [-0.2, 0) is 13.0 Å². The van der Waals surface area contributed by atoms with Gasteiger partial charge in [0, 0.05) is 12.2 Å². The first-order chi connectivity index (χ1) is 10.9. The Balaban J connectivity index is 1.43. The van der Waals surface area contributed by atoms with Crippen LogP contribution in [0.5, 0.6) is 5.75 Å². The van der Waals surface area contributed by atoms with Gasteiger partial charge in [0.25, 0.3) is 0 Å². The smallest absolute Gasteiger partial charge is 0.130 e. The third-order valence-electron chi connectivity index (χ3n) is 3.66. The number of hydrogen-bond acceptors (Lipinski definition) is 5. The number of fused-ring (bicyclic) bond motifs is 1. The minimum absolute atomic E-state index is 0.459. The summed E-state index contributed by atoms with van der Waals surface area (Å²) in [7, 11) is 0. The Kier molecular flexibility index (Phi) is 3.19. The van der Waals surface area contributed by atoms with Gasteiger partial charge >= 0.3 is 0 Å². The average molecular weight is 293 g/mol. The molecule has 0 atom stereocenters. The fourth-order valence-electron chi connectivity index (χ4n) is 2.48. The molecule has 0 saturated heterocycles. The lowest BCUT2D eigenvalue weighted by Gasteiger charge is -2.08. The quantitative estimate of drug-likeness (QED) is 0.799. The number of pyridine rings is 1. The highest BCUT2D eigenvalue weighted by molar-refractivity contribution is 5.49. The van der Waals surface area contributed by atoms with Gasteiger partial charge in [0.15, 0.2) is 0 Å². The van der Waals surface area contributed by atoms with Crippen LogP contribution in [0.3, 0.4) is 0 Å². The second-order valence-corrected chi connectivity index (χ2v) is 5.14. The van der Waals surface area contributed by atoms with Gasteiger partial charge in [-0.1, -0.05) is 6.07 Å². The fourth-order valence-corrected chi connectivity index (χ4v) is 2.48. The highest BCUT2D eigenvalue weighted by atomic mass is 16.5. The third kappa shape index (κ3) is 2.50. The molecule has 3 heterocycles. The summed E-state index contributed by atoms with van der Waals surface area (Å²) in [4.78, 5) is 4.57. The molecule has 0 bridgehead atoms. The first-order valence-electron chi connectivity index (χ1n) is 7.19. The van der Waals surface area contributed by atoms with Gasteiger partial charge in [-0.15, -0.1) is 10.2 Å². The Bertz CT molecular complexity index is 768. The Morgan fingerprint density at radius 3 is 2.68 bits per heavy atom. The zero-order valence-electron chi connectivity index (χ0n) is 11.9. The van der Waals surface area contributed by atoms with E-state index in [2.05, 4.69) is 26.6 Å². The molecule has 0 aliphatic carbocycles. The molecule has 110 valence electrons. The van der Waals surface area contributed by atoms with E-state index in [1.807, 2.05) is 34.9 Å². The highest BCUT2D eigenvalue weighted by Crippen LogP contribution is 2.21. The second kappa shape index (κ2) is 5.48. The largest absolute Gasteiger partial charge is 0.487 e. The van der Waals surface area contributed by atoms with E-state index in [-0.39, 0.29) is 0 Å². The van der Waals surface area contributed by atoms with E-state index in [4.69, 9.17) is 4.74 Å². The number of anilines is 1. The normalized spacial score (nSPS) is 12.7. The van der Waals surface area contributed by atoms with Gasteiger partial charge in [0.1, 0.15) is 30.8 Å². The molecular weight excluding hydrogens is 278 g/mol. The first kappa shape index (κ1) is 12.8. The molecule has 6 nitrogen and oxygen atoms in total. The summed E-state index contributed by atoms with van der Waals surface area (Å²) < 4.78 is 7.64. The first-order valence-corrected chi connectivity index (χ1v) is 7.19. The topological polar surface area (TPSA) is 64.9 Å². The molecule has 2 aromatic heterocycles. The van der Waals surface area contributed by atoms with E-state index in [1.54, 1.807) is 12.7 Å². The zero-order valence-corrected chi connectivity index (χ0v) is 11.9. The molecule has 1 aromatic carbocycles. The second-order valence-electron chi connectivity index (χ2n) is 5.14. The van der Waals surface area contributed by atoms with E-state index < -0.39 is 0 Å². The number of ether oxygens (including phenoxy) is 1. The van der Waals surface area contributed by atoms with Gasteiger partial charge in [-0.05, 0) is 42.3 Å². The Morgan fingerprint density at radius 2 is 1.86 bits per heavy atom. The van der Waals surface area contributed by atoms with Crippen molar-refractivity contribution in [2.24, 2.45) is 0 Å². The van der Waals surface area contributed by atoms with Crippen LogP contribution in [0.2, 0.25) is 0 Å². The molecule has 1 aliphatic rings. The van der Waals surface area contributed by atoms with E-state index in [9.17, 15) is 0 Å². The van der Waals surface area contributed by atoms with Gasteiger partial charge in [-0.2, -0.15) is 0 Å². The lowest BCUT2D eigenvalue weighted by Crippen LogP contribution is -2.01. The molecule has 0 amide bonds. The zero-order chi connectivity index (χ0) is 14.8. The van der Waals surface area contributed by atoms with Crippen LogP contribution in [0.4, 0.5) is 5.82 Å². The molecule has 1 aliphatic heterocycles. The van der Waals surface area contributed by atoms with Crippen molar-refractivity contribution in [2.45, 2.75) is 13.0 Å². The van der Waals surface area contributed by atoms with E-state index in [0.717, 1.165) is 35.9 Å². The Labute approximate surface area is 127 Å². The summed E-state index contributed by atoms with van der Waals surface area (Å²) in [5.41, 5.74) is 3.20. The summed E-state index contributed by atoms with van der Waals surface area (Å²) in [6.07, 6.45) is 4.38. The monoisotopic (exact) mass is 293 g/mol. The van der Waals surface area contributed by atoms with Gasteiger partial charge < -0.3 is 10.1 Å². The van der Waals surface area contributed by atoms with Gasteiger partial charge in [-0.3, -0.25) is 4.57 Å². The van der Waals surface area contributed by atoms with Crippen molar-refractivity contribution in [1.82, 2.24) is 19.7 Å². The van der Waals surface area contributed by atoms with Crippen LogP contribution >= 0.6 is 0 Å². The molecule has 6 heteroatoms. The minimum Gasteiger partial charge on any atom is -0.487 e. The molecule has 0 radical (unpaired) electrons. The number of rotatable bonds is 4. The maximum absolute atomic E-state index is 5.79. The van der Waals surface area contributed by atoms with Gasteiger partial charge in [-0.25, -0.2) is 4.98 Å². The lowest BCUT2D eigenvalue weighted by molar-refractivity contribution is 0.301. The third-order valence-corrected chi connectivity index (χ3v) is 3.66. The maximum atomic E-state index is 5.79. The van der Waals surface area contributed by atoms with Crippen molar-refractivity contribution in [3.63, 3.8) is 0 Å². The summed E-state index contributed by atoms with van der Waals surface area (Å²) in [5, 5.41) is 10.9. The van der Waals surface area contributed by atoms with E-state index in [1.165, 1.54) is 5.56 Å². The Morgan fingerprint density at radius 1 is 1.05 bits per heavy atom.